The summed E-state index contributed by atoms with van der Waals surface area (Å²) < 4.78 is 6.16. The molecule has 572 valence electrons. The van der Waals surface area contributed by atoms with Gasteiger partial charge in [-0.15, -0.1) is 0 Å². The van der Waals surface area contributed by atoms with Crippen molar-refractivity contribution in [2.24, 2.45) is 17.8 Å². The first-order valence-corrected chi connectivity index (χ1v) is 36.8. The third-order valence-electron chi connectivity index (χ3n) is 19.7. The largest absolute Gasteiger partial charge is 0.391 e. The smallest absolute Gasteiger partial charge is 0.248 e. The van der Waals surface area contributed by atoms with E-state index in [9.17, 15) is 19.5 Å². The molecule has 0 aliphatic carbocycles. The van der Waals surface area contributed by atoms with Gasteiger partial charge in [0, 0.05) is 86.2 Å². The Bertz CT molecular complexity index is 3480. The van der Waals surface area contributed by atoms with Crippen molar-refractivity contribution in [3.8, 4) is 0 Å². The van der Waals surface area contributed by atoms with Gasteiger partial charge in [0.1, 0.15) is 60.4 Å². The zero-order valence-electron chi connectivity index (χ0n) is 63.7. The van der Waals surface area contributed by atoms with Crippen LogP contribution in [0.2, 0.25) is 5.02 Å². The summed E-state index contributed by atoms with van der Waals surface area (Å²) in [7, 11) is 8.29. The Morgan fingerprint density at radius 3 is 1.61 bits per heavy atom. The molecule has 0 saturated carbocycles. The van der Waals surface area contributed by atoms with Crippen LogP contribution in [0.15, 0.2) is 84.9 Å². The van der Waals surface area contributed by atoms with E-state index in [1.54, 1.807) is 124 Å². The van der Waals surface area contributed by atoms with E-state index >= 15 is 43.2 Å². The quantitative estimate of drug-likeness (QED) is 0.142. The van der Waals surface area contributed by atoms with E-state index in [1.807, 2.05) is 27.7 Å². The molecule has 6 rings (SSSR count). The molecule has 0 spiro atoms. The summed E-state index contributed by atoms with van der Waals surface area (Å²) in [6, 6.07) is 10.5. The Morgan fingerprint density at radius 1 is 0.529 bits per heavy atom. The maximum absolute atomic E-state index is 15.8. The minimum Gasteiger partial charge on any atom is -0.391 e. The van der Waals surface area contributed by atoms with Crippen LogP contribution in [0.25, 0.3) is 0 Å². The minimum absolute atomic E-state index is 0.0161. The number of amides is 12. The molecule has 5 N–H and O–H groups in total. The number of hydrogen-bond donors (Lipinski definition) is 5. The van der Waals surface area contributed by atoms with Crippen LogP contribution in [0.1, 0.15) is 137 Å². The fourth-order valence-electron chi connectivity index (χ4n) is 13.7. The van der Waals surface area contributed by atoms with Gasteiger partial charge in [0.2, 0.25) is 70.9 Å². The summed E-state index contributed by atoms with van der Waals surface area (Å²) in [6.07, 6.45) is 0.320. The summed E-state index contributed by atoms with van der Waals surface area (Å²) in [5.74, 6) is -9.97. The standard InChI is InChI=1S/C77H113ClN12O14/c1-47(2)38-59-69(96)82-65(50(7)91)76(103)83(11)45-64(93)88(16)66(49(5)6)70(97)80-56(42-52-30-22-18-23-31-52)71(98)85(13)61(43-53-32-26-33-54(78)40-53)74(101)86(14)60(39-48(3)4)73(100)87(15)62(75(102)89-35-24-19-25-36-89)44-63(92)90-37-27-34-58(90)68(95)79-55(41-51-28-20-17-21-29-51)67(94)81-57(72(99)84(59)12)46-104-77(8,9)10/h17-18,20-23,26,28-33,40,47-50,55-62,65-66,91H,19,24-25,27,34-39,41-46H2,1-16H3,(H,79,95)(H,80,97)(H,81,94)(H,82,96)/t50-,55+,56+,57+,58-,59+,60+,61+,62+,65+,66+/m1/s1. The number of likely N-dealkylation sites (tertiary alicyclic amines) is 1. The molecular formula is C77H113ClN12O14. The molecule has 3 aromatic carbocycles. The van der Waals surface area contributed by atoms with E-state index in [0.717, 1.165) is 21.1 Å². The summed E-state index contributed by atoms with van der Waals surface area (Å²) in [6.45, 7) is 16.9. The van der Waals surface area contributed by atoms with Gasteiger partial charge in [-0.2, -0.15) is 0 Å². The van der Waals surface area contributed by atoms with Crippen molar-refractivity contribution in [2.45, 2.75) is 212 Å². The Kier molecular flexibility index (Phi) is 31.3. The molecule has 3 saturated heterocycles. The number of likely N-dealkylation sites (N-methyl/N-ethyl adjacent to an activating group) is 6. The van der Waals surface area contributed by atoms with Gasteiger partial charge < -0.3 is 70.3 Å². The highest BCUT2D eigenvalue weighted by Gasteiger charge is 2.46. The first-order chi connectivity index (χ1) is 48.9. The van der Waals surface area contributed by atoms with E-state index in [2.05, 4.69) is 21.3 Å². The van der Waals surface area contributed by atoms with E-state index in [4.69, 9.17) is 16.3 Å². The van der Waals surface area contributed by atoms with E-state index < -0.39 is 168 Å². The second kappa shape index (κ2) is 38.5. The Labute approximate surface area is 618 Å². The van der Waals surface area contributed by atoms with E-state index in [1.165, 1.54) is 68.8 Å². The van der Waals surface area contributed by atoms with Gasteiger partial charge in [0.15, 0.2) is 0 Å². The van der Waals surface area contributed by atoms with Gasteiger partial charge in [-0.1, -0.05) is 126 Å². The Balaban J connectivity index is 1.51. The van der Waals surface area contributed by atoms with Gasteiger partial charge in [0.25, 0.3) is 0 Å². The number of halogens is 1. The van der Waals surface area contributed by atoms with Crippen LogP contribution >= 0.6 is 11.6 Å². The highest BCUT2D eigenvalue weighted by Crippen LogP contribution is 2.27. The number of piperidine rings is 1. The predicted molar refractivity (Wildman–Crippen MR) is 395 cm³/mol. The molecule has 0 radical (unpaired) electrons. The average Bonchev–Trinajstić information content (AvgIpc) is 1.28. The monoisotopic (exact) mass is 1460 g/mol. The van der Waals surface area contributed by atoms with Crippen molar-refractivity contribution in [1.29, 1.82) is 0 Å². The predicted octanol–water partition coefficient (Wildman–Crippen LogP) is 4.25. The summed E-state index contributed by atoms with van der Waals surface area (Å²) in [4.78, 5) is 192. The molecule has 3 aliphatic rings. The number of carbonyl (C=O) groups excluding carboxylic acids is 12. The molecule has 3 aliphatic heterocycles. The van der Waals surface area contributed by atoms with Crippen LogP contribution in [-0.2, 0) is 81.5 Å². The lowest BCUT2D eigenvalue weighted by atomic mass is 9.96. The SMILES string of the molecule is CC(C)C[C@H]1C(=O)N[C@@H]([C@@H](C)O)C(=O)N(C)CC(=O)N(C)[C@@H](C(C)C)C(=O)N[C@@H](Cc2ccccc2)C(=O)N(C)[C@@H](Cc2cccc(Cl)c2)C(=O)N(C)[C@@H](CC(C)C)C(=O)N(C)[C@H](C(=O)N2CCCCC2)CC(=O)N2CCC[C@@H]2C(=O)N[C@@H](Cc2ccccc2)C(=O)N[C@@H](COC(C)(C)C)C(=O)N1C. The third kappa shape index (κ3) is 23.3. The van der Waals surface area contributed by atoms with Crippen LogP contribution in [-0.4, -0.2) is 262 Å². The number of rotatable bonds is 15. The van der Waals surface area contributed by atoms with Gasteiger partial charge in [-0.25, -0.2) is 0 Å². The van der Waals surface area contributed by atoms with Crippen molar-refractivity contribution in [1.82, 2.24) is 60.5 Å². The molecule has 3 heterocycles. The van der Waals surface area contributed by atoms with Crippen LogP contribution in [0.5, 0.6) is 0 Å². The molecule has 3 aromatic rings. The van der Waals surface area contributed by atoms with E-state index in [0.29, 0.717) is 54.1 Å². The molecule has 104 heavy (non-hydrogen) atoms. The third-order valence-corrected chi connectivity index (χ3v) is 19.9. The molecule has 0 aromatic heterocycles. The second-order valence-electron chi connectivity index (χ2n) is 30.4. The Hall–Kier alpha value is -8.49. The topological polar surface area (TPSA) is 308 Å². The number of nitrogens with one attached hydrogen (secondary N) is 4. The lowest BCUT2D eigenvalue weighted by Gasteiger charge is -2.40. The normalized spacial score (nSPS) is 25.1. The lowest BCUT2D eigenvalue weighted by molar-refractivity contribution is -0.155. The number of fused-ring (bicyclic) bond motifs is 1. The first-order valence-electron chi connectivity index (χ1n) is 36.4. The van der Waals surface area contributed by atoms with Gasteiger partial charge in [0.05, 0.1) is 31.3 Å². The van der Waals surface area contributed by atoms with Gasteiger partial charge in [-0.05, 0) is 119 Å². The number of nitrogens with zero attached hydrogens (tertiary/aromatic N) is 8. The molecular weight excluding hydrogens is 1350 g/mol. The maximum Gasteiger partial charge on any atom is 0.248 e. The van der Waals surface area contributed by atoms with Crippen LogP contribution in [0.4, 0.5) is 0 Å². The van der Waals surface area contributed by atoms with Crippen molar-refractivity contribution < 1.29 is 67.4 Å². The summed E-state index contributed by atoms with van der Waals surface area (Å²) >= 11 is 6.57. The average molecular weight is 1470 g/mol. The minimum atomic E-state index is -1.69. The van der Waals surface area contributed by atoms with E-state index in [-0.39, 0.29) is 56.9 Å². The fourth-order valence-corrected chi connectivity index (χ4v) is 13.9. The Morgan fingerprint density at radius 2 is 1.05 bits per heavy atom. The molecule has 0 unspecified atom stereocenters. The number of benzene rings is 3. The van der Waals surface area contributed by atoms with Crippen molar-refractivity contribution >= 4 is 82.5 Å². The van der Waals surface area contributed by atoms with Gasteiger partial charge in [-0.3, -0.25) is 57.5 Å². The number of aliphatic hydroxyl groups excluding tert-OH is 1. The fraction of sp³-hybridized carbons (Fsp3) is 0.610. The zero-order chi connectivity index (χ0) is 77.2. The van der Waals surface area contributed by atoms with Crippen LogP contribution < -0.4 is 21.3 Å². The second-order valence-corrected chi connectivity index (χ2v) is 30.8. The lowest BCUT2D eigenvalue weighted by Crippen LogP contribution is -2.62. The highest BCUT2D eigenvalue weighted by atomic mass is 35.5. The van der Waals surface area contributed by atoms with Crippen molar-refractivity contribution in [2.75, 3.05) is 75.1 Å². The highest BCUT2D eigenvalue weighted by molar-refractivity contribution is 6.30. The van der Waals surface area contributed by atoms with Crippen LogP contribution in [0.3, 0.4) is 0 Å². The molecule has 3 fully saturated rings. The molecule has 26 nitrogen and oxygen atoms in total. The van der Waals surface area contributed by atoms with Crippen LogP contribution in [0, 0.1) is 17.8 Å². The molecule has 11 atom stereocenters. The maximum atomic E-state index is 15.8. The summed E-state index contributed by atoms with van der Waals surface area (Å²) in [5.41, 5.74) is 0.919. The van der Waals surface area contributed by atoms with Gasteiger partial charge >= 0.3 is 0 Å². The molecule has 0 bridgehead atoms. The number of hydrogen-bond acceptors (Lipinski definition) is 14. The number of aliphatic hydroxyl groups is 1. The number of ether oxygens (including phenoxy) is 1. The van der Waals surface area contributed by atoms with Crippen molar-refractivity contribution in [3.63, 3.8) is 0 Å². The first kappa shape index (κ1) is 84.4. The zero-order valence-corrected chi connectivity index (χ0v) is 64.4. The molecule has 27 heteroatoms. The van der Waals surface area contributed by atoms with Crippen molar-refractivity contribution in [3.05, 3.63) is 107 Å². The molecule has 12 amide bonds. The number of carbonyl (C=O) groups is 12. The summed E-state index contributed by atoms with van der Waals surface area (Å²) in [5, 5.41) is 22.9.